The molecule has 1 aromatic rings. The van der Waals surface area contributed by atoms with E-state index in [0.29, 0.717) is 23.7 Å². The van der Waals surface area contributed by atoms with Gasteiger partial charge in [-0.05, 0) is 18.1 Å². The van der Waals surface area contributed by atoms with Crippen LogP contribution in [0, 0.1) is 11.7 Å². The van der Waals surface area contributed by atoms with Gasteiger partial charge in [0.25, 0.3) is 0 Å². The predicted octanol–water partition coefficient (Wildman–Crippen LogP) is 2.67. The van der Waals surface area contributed by atoms with E-state index in [0.717, 1.165) is 0 Å². The van der Waals surface area contributed by atoms with Gasteiger partial charge < -0.3 is 9.84 Å². The summed E-state index contributed by atoms with van der Waals surface area (Å²) >= 11 is 0. The van der Waals surface area contributed by atoms with Gasteiger partial charge in [0.2, 0.25) is 0 Å². The fourth-order valence-corrected chi connectivity index (χ4v) is 1.85. The van der Waals surface area contributed by atoms with Crippen LogP contribution < -0.4 is 4.74 Å². The molecule has 2 nitrogen and oxygen atoms in total. The second-order valence-corrected chi connectivity index (χ2v) is 4.33. The number of ether oxygens (including phenoxy) is 1. The lowest BCUT2D eigenvalue weighted by Gasteiger charge is -2.31. The van der Waals surface area contributed by atoms with Crippen LogP contribution in [0.3, 0.4) is 0 Å². The van der Waals surface area contributed by atoms with Crippen LogP contribution in [-0.2, 0) is 0 Å². The highest BCUT2D eigenvalue weighted by atomic mass is 19.1. The Kier molecular flexibility index (Phi) is 2.65. The van der Waals surface area contributed by atoms with Crippen LogP contribution in [0.5, 0.6) is 5.75 Å². The van der Waals surface area contributed by atoms with Gasteiger partial charge in [-0.1, -0.05) is 13.8 Å². The minimum atomic E-state index is -0.540. The first-order chi connectivity index (χ1) is 7.08. The zero-order valence-electron chi connectivity index (χ0n) is 8.90. The molecule has 0 saturated carbocycles. The van der Waals surface area contributed by atoms with Crippen LogP contribution in [0.25, 0.3) is 0 Å². The van der Waals surface area contributed by atoms with Crippen molar-refractivity contribution in [1.82, 2.24) is 0 Å². The third kappa shape index (κ3) is 1.97. The van der Waals surface area contributed by atoms with E-state index in [1.54, 1.807) is 6.07 Å². The summed E-state index contributed by atoms with van der Waals surface area (Å²) in [5.74, 6) is 0.467. The fraction of sp³-hybridized carbons (Fsp3) is 0.500. The molecule has 2 rings (SSSR count). The van der Waals surface area contributed by atoms with Gasteiger partial charge in [0.1, 0.15) is 17.7 Å². The Balaban J connectivity index is 2.33. The number of hydrogen-bond acceptors (Lipinski definition) is 2. The van der Waals surface area contributed by atoms with Crippen LogP contribution in [0.1, 0.15) is 31.9 Å². The summed E-state index contributed by atoms with van der Waals surface area (Å²) in [7, 11) is 0. The van der Waals surface area contributed by atoms with E-state index < -0.39 is 6.10 Å². The van der Waals surface area contributed by atoms with Gasteiger partial charge >= 0.3 is 0 Å². The molecule has 1 aliphatic rings. The van der Waals surface area contributed by atoms with Gasteiger partial charge in [0, 0.05) is 18.1 Å². The first-order valence-corrected chi connectivity index (χ1v) is 5.22. The Morgan fingerprint density at radius 1 is 1.47 bits per heavy atom. The van der Waals surface area contributed by atoms with Gasteiger partial charge in [-0.3, -0.25) is 0 Å². The Hall–Kier alpha value is -1.09. The minimum absolute atomic E-state index is 0.0331. The molecule has 0 radical (unpaired) electrons. The Morgan fingerprint density at radius 3 is 2.87 bits per heavy atom. The lowest BCUT2D eigenvalue weighted by Crippen LogP contribution is -2.30. The highest BCUT2D eigenvalue weighted by Crippen LogP contribution is 2.36. The first-order valence-electron chi connectivity index (χ1n) is 5.22. The summed E-state index contributed by atoms with van der Waals surface area (Å²) in [6, 6.07) is 4.28. The van der Waals surface area contributed by atoms with Gasteiger partial charge in [0.15, 0.2) is 0 Å². The molecule has 2 atom stereocenters. The van der Waals surface area contributed by atoms with E-state index in [4.69, 9.17) is 4.74 Å². The van der Waals surface area contributed by atoms with Crippen molar-refractivity contribution in [3.05, 3.63) is 29.6 Å². The molecule has 15 heavy (non-hydrogen) atoms. The number of rotatable bonds is 1. The van der Waals surface area contributed by atoms with Crippen LogP contribution in [0.4, 0.5) is 4.39 Å². The summed E-state index contributed by atoms with van der Waals surface area (Å²) in [5, 5.41) is 9.87. The highest BCUT2D eigenvalue weighted by Gasteiger charge is 2.28. The minimum Gasteiger partial charge on any atom is -0.490 e. The molecule has 0 aliphatic carbocycles. The molecule has 1 N–H and O–H groups in total. The van der Waals surface area contributed by atoms with E-state index >= 15 is 0 Å². The Labute approximate surface area is 88.7 Å². The maximum Gasteiger partial charge on any atom is 0.128 e. The highest BCUT2D eigenvalue weighted by molar-refractivity contribution is 5.37. The molecule has 82 valence electrons. The molecule has 0 saturated heterocycles. The van der Waals surface area contributed by atoms with Crippen molar-refractivity contribution in [1.29, 1.82) is 0 Å². The average molecular weight is 210 g/mol. The van der Waals surface area contributed by atoms with Crippen molar-refractivity contribution in [3.63, 3.8) is 0 Å². The number of benzene rings is 1. The first kappa shape index (κ1) is 10.4. The molecular weight excluding hydrogens is 195 g/mol. The largest absolute Gasteiger partial charge is 0.490 e. The molecule has 0 spiro atoms. The fourth-order valence-electron chi connectivity index (χ4n) is 1.85. The summed E-state index contributed by atoms with van der Waals surface area (Å²) in [5.41, 5.74) is 0.688. The average Bonchev–Trinajstić information content (AvgIpc) is 2.16. The smallest absolute Gasteiger partial charge is 0.128 e. The maximum atomic E-state index is 13.0. The quantitative estimate of drug-likeness (QED) is 0.772. The lowest BCUT2D eigenvalue weighted by atomic mass is 9.93. The molecule has 0 amide bonds. The normalized spacial score (nSPS) is 24.9. The zero-order chi connectivity index (χ0) is 11.0. The van der Waals surface area contributed by atoms with Crippen LogP contribution >= 0.6 is 0 Å². The van der Waals surface area contributed by atoms with E-state index in [1.807, 2.05) is 13.8 Å². The monoisotopic (exact) mass is 210 g/mol. The standard InChI is InChI=1S/C12H15FO2/c1-7(2)11-6-10(14)9-4-3-8(13)5-12(9)15-11/h3-5,7,10-11,14H,6H2,1-2H3/t10-,11?/m1/s1. The van der Waals surface area contributed by atoms with Crippen LogP contribution in [-0.4, -0.2) is 11.2 Å². The van der Waals surface area contributed by atoms with Crippen molar-refractivity contribution in [2.75, 3.05) is 0 Å². The molecule has 0 bridgehead atoms. The topological polar surface area (TPSA) is 29.5 Å². The predicted molar refractivity (Wildman–Crippen MR) is 55.2 cm³/mol. The molecule has 1 heterocycles. The van der Waals surface area contributed by atoms with Crippen LogP contribution in [0.2, 0.25) is 0 Å². The van der Waals surface area contributed by atoms with Crippen molar-refractivity contribution < 1.29 is 14.2 Å². The van der Waals surface area contributed by atoms with E-state index in [9.17, 15) is 9.50 Å². The van der Waals surface area contributed by atoms with Gasteiger partial charge in [0.05, 0.1) is 6.10 Å². The molecule has 1 unspecified atom stereocenters. The van der Waals surface area contributed by atoms with Crippen molar-refractivity contribution in [2.24, 2.45) is 5.92 Å². The molecule has 1 aromatic carbocycles. The Morgan fingerprint density at radius 2 is 2.20 bits per heavy atom. The Bertz CT molecular complexity index is 363. The third-order valence-corrected chi connectivity index (χ3v) is 2.81. The van der Waals surface area contributed by atoms with Crippen LogP contribution in [0.15, 0.2) is 18.2 Å². The second-order valence-electron chi connectivity index (χ2n) is 4.33. The molecule has 0 fully saturated rings. The van der Waals surface area contributed by atoms with Crippen molar-refractivity contribution >= 4 is 0 Å². The van der Waals surface area contributed by atoms with Crippen molar-refractivity contribution in [2.45, 2.75) is 32.5 Å². The third-order valence-electron chi connectivity index (χ3n) is 2.81. The SMILES string of the molecule is CC(C)C1C[C@@H](O)c2ccc(F)cc2O1. The van der Waals surface area contributed by atoms with Gasteiger partial charge in [-0.15, -0.1) is 0 Å². The number of fused-ring (bicyclic) bond motifs is 1. The zero-order valence-corrected chi connectivity index (χ0v) is 8.90. The maximum absolute atomic E-state index is 13.0. The molecule has 0 aromatic heterocycles. The summed E-state index contributed by atoms with van der Waals surface area (Å²) < 4.78 is 18.6. The molecule has 1 aliphatic heterocycles. The summed E-state index contributed by atoms with van der Waals surface area (Å²) in [4.78, 5) is 0. The van der Waals surface area contributed by atoms with E-state index in [1.165, 1.54) is 12.1 Å². The van der Waals surface area contributed by atoms with E-state index in [-0.39, 0.29) is 11.9 Å². The lowest BCUT2D eigenvalue weighted by molar-refractivity contribution is 0.0424. The number of hydrogen-bond donors (Lipinski definition) is 1. The van der Waals surface area contributed by atoms with Gasteiger partial charge in [-0.25, -0.2) is 4.39 Å². The second kappa shape index (κ2) is 3.81. The number of aliphatic hydroxyl groups excluding tert-OH is 1. The van der Waals surface area contributed by atoms with Gasteiger partial charge in [-0.2, -0.15) is 0 Å². The summed E-state index contributed by atoms with van der Waals surface area (Å²) in [6.07, 6.45) is 0.00656. The number of aliphatic hydroxyl groups is 1. The summed E-state index contributed by atoms with van der Waals surface area (Å²) in [6.45, 7) is 4.06. The molecular formula is C12H15FO2. The molecule has 3 heteroatoms. The van der Waals surface area contributed by atoms with Crippen molar-refractivity contribution in [3.8, 4) is 5.75 Å². The number of halogens is 1. The van der Waals surface area contributed by atoms with E-state index in [2.05, 4.69) is 0 Å².